The smallest absolute Gasteiger partial charge is 0.320 e. The van der Waals surface area contributed by atoms with E-state index >= 15 is 0 Å². The second kappa shape index (κ2) is 21.4. The number of benzene rings is 1. The summed E-state index contributed by atoms with van der Waals surface area (Å²) in [4.78, 5) is 20.5. The number of quaternary nitrogens is 1. The van der Waals surface area contributed by atoms with Gasteiger partial charge >= 0.3 is 11.9 Å². The van der Waals surface area contributed by atoms with E-state index in [2.05, 4.69) is 21.1 Å². The standard InChI is InChI=1S/C9H11NO2.C6H13NO2.C5H14NO.C3H8O3/c10-8(9(11)12)6-7-4-2-1-3-5-7;1-4(2)3-5(7)6(8)9;1-6(2,3)4-5-7;4-1-3(6)2-5/h1-5,8H,6,10H2,(H,11,12);4-5H,3,7H2,1-2H3,(H,8,9);7H,4-5H2,1-3H3;3-6H,1-2H2/q;;+1;/t8-;5-;;/m00../s1. The minimum atomic E-state index is -0.959. The first-order chi connectivity index (χ1) is 15.6. The van der Waals surface area contributed by atoms with Crippen LogP contribution in [0.1, 0.15) is 25.8 Å². The van der Waals surface area contributed by atoms with Gasteiger partial charge in [0.25, 0.3) is 0 Å². The SMILES string of the molecule is CC(C)C[C@H](N)C(=O)O.C[N+](C)(C)CCO.N[C@@H](Cc1ccccc1)C(=O)O.OCC(O)CO. The van der Waals surface area contributed by atoms with E-state index < -0.39 is 30.1 Å². The number of nitrogens with zero attached hydrogens (tertiary/aromatic N) is 1. The highest BCUT2D eigenvalue weighted by molar-refractivity contribution is 5.73. The van der Waals surface area contributed by atoms with Gasteiger partial charge in [0, 0.05) is 0 Å². The molecule has 0 radical (unpaired) electrons. The number of rotatable bonds is 10. The van der Waals surface area contributed by atoms with Crippen molar-refractivity contribution in [3.05, 3.63) is 35.9 Å². The summed E-state index contributed by atoms with van der Waals surface area (Å²) in [5.74, 6) is -1.52. The average Bonchev–Trinajstić information content (AvgIpc) is 2.73. The summed E-state index contributed by atoms with van der Waals surface area (Å²) in [6, 6.07) is 7.85. The molecule has 10 N–H and O–H groups in total. The fourth-order valence-electron chi connectivity index (χ4n) is 1.92. The lowest BCUT2D eigenvalue weighted by Crippen LogP contribution is -2.36. The maximum Gasteiger partial charge on any atom is 0.320 e. The second-order valence-corrected chi connectivity index (χ2v) is 8.97. The molecule has 11 nitrogen and oxygen atoms in total. The van der Waals surface area contributed by atoms with Crippen LogP contribution < -0.4 is 11.5 Å². The molecule has 0 aliphatic rings. The largest absolute Gasteiger partial charge is 0.480 e. The summed E-state index contributed by atoms with van der Waals surface area (Å²) < 4.78 is 0.844. The Morgan fingerprint density at radius 1 is 0.882 bits per heavy atom. The van der Waals surface area contributed by atoms with Crippen LogP contribution in [0.4, 0.5) is 0 Å². The van der Waals surface area contributed by atoms with Gasteiger partial charge in [-0.1, -0.05) is 44.2 Å². The molecule has 0 heterocycles. The van der Waals surface area contributed by atoms with Crippen LogP contribution in [0.2, 0.25) is 0 Å². The first-order valence-corrected chi connectivity index (χ1v) is 10.9. The average molecular weight is 493 g/mol. The number of aliphatic carboxylic acids is 2. The zero-order valence-corrected chi connectivity index (χ0v) is 21.0. The van der Waals surface area contributed by atoms with Crippen molar-refractivity contribution in [3.63, 3.8) is 0 Å². The number of aliphatic hydroxyl groups is 4. The molecule has 0 aliphatic carbocycles. The Bertz CT molecular complexity index is 620. The molecule has 1 aromatic rings. The van der Waals surface area contributed by atoms with Crippen molar-refractivity contribution in [2.75, 3.05) is 47.5 Å². The van der Waals surface area contributed by atoms with Crippen LogP contribution in [-0.2, 0) is 16.0 Å². The van der Waals surface area contributed by atoms with E-state index in [1.807, 2.05) is 44.2 Å². The Labute approximate surface area is 202 Å². The molecule has 0 unspecified atom stereocenters. The van der Waals surface area contributed by atoms with Gasteiger partial charge in [-0.05, 0) is 24.3 Å². The molecule has 1 rings (SSSR count). The van der Waals surface area contributed by atoms with Crippen LogP contribution in [0.3, 0.4) is 0 Å². The number of carboxylic acid groups (broad SMARTS) is 2. The van der Waals surface area contributed by atoms with Crippen molar-refractivity contribution in [1.82, 2.24) is 0 Å². The predicted molar refractivity (Wildman–Crippen MR) is 131 cm³/mol. The maximum absolute atomic E-state index is 10.4. The van der Waals surface area contributed by atoms with Crippen LogP contribution in [0.15, 0.2) is 30.3 Å². The molecule has 0 amide bonds. The molecular formula is C23H46N3O8+. The van der Waals surface area contributed by atoms with Gasteiger partial charge < -0.3 is 46.6 Å². The first-order valence-electron chi connectivity index (χ1n) is 10.9. The molecule has 2 atom stereocenters. The Hall–Kier alpha value is -2.12. The molecule has 0 fully saturated rings. The number of aliphatic hydroxyl groups excluding tert-OH is 4. The molecule has 0 aliphatic heterocycles. The van der Waals surface area contributed by atoms with E-state index in [0.717, 1.165) is 16.6 Å². The molecule has 0 saturated heterocycles. The lowest BCUT2D eigenvalue weighted by atomic mass is 10.1. The summed E-state index contributed by atoms with van der Waals surface area (Å²) in [5.41, 5.74) is 11.5. The number of likely N-dealkylation sites (N-methyl/N-ethyl adjacent to an activating group) is 1. The van der Waals surface area contributed by atoms with E-state index in [0.29, 0.717) is 18.8 Å². The number of hydrogen-bond donors (Lipinski definition) is 8. The van der Waals surface area contributed by atoms with Crippen molar-refractivity contribution < 1.29 is 44.7 Å². The Morgan fingerprint density at radius 2 is 1.32 bits per heavy atom. The van der Waals surface area contributed by atoms with Gasteiger partial charge in [0.15, 0.2) is 0 Å². The molecule has 0 bridgehead atoms. The van der Waals surface area contributed by atoms with Gasteiger partial charge in [-0.15, -0.1) is 0 Å². The van der Waals surface area contributed by atoms with Gasteiger partial charge in [-0.3, -0.25) is 9.59 Å². The number of hydrogen-bond acceptors (Lipinski definition) is 8. The lowest BCUT2D eigenvalue weighted by molar-refractivity contribution is -0.870. The third kappa shape index (κ3) is 27.9. The van der Waals surface area contributed by atoms with E-state index in [4.69, 9.17) is 42.1 Å². The molecule has 1 aromatic carbocycles. The van der Waals surface area contributed by atoms with Crippen molar-refractivity contribution in [3.8, 4) is 0 Å². The van der Waals surface area contributed by atoms with E-state index in [1.165, 1.54) is 0 Å². The summed E-state index contributed by atoms with van der Waals surface area (Å²) in [6.07, 6.45) is -0.0177. The summed E-state index contributed by atoms with van der Waals surface area (Å²) in [7, 11) is 6.16. The quantitative estimate of drug-likeness (QED) is 0.189. The summed E-state index contributed by atoms with van der Waals surface area (Å²) in [5, 5.41) is 49.2. The topological polar surface area (TPSA) is 208 Å². The predicted octanol–water partition coefficient (Wildman–Crippen LogP) is -0.898. The highest BCUT2D eigenvalue weighted by Crippen LogP contribution is 2.02. The van der Waals surface area contributed by atoms with E-state index in [-0.39, 0.29) is 19.8 Å². The molecule has 0 saturated carbocycles. The molecule has 34 heavy (non-hydrogen) atoms. The van der Waals surface area contributed by atoms with Crippen LogP contribution in [0.25, 0.3) is 0 Å². The second-order valence-electron chi connectivity index (χ2n) is 8.97. The summed E-state index contributed by atoms with van der Waals surface area (Å²) in [6.45, 7) is 4.28. The first kappa shape index (κ1) is 36.4. The third-order valence-corrected chi connectivity index (χ3v) is 3.85. The molecular weight excluding hydrogens is 446 g/mol. The third-order valence-electron chi connectivity index (χ3n) is 3.85. The van der Waals surface area contributed by atoms with Crippen molar-refractivity contribution in [2.45, 2.75) is 44.9 Å². The Kier molecular flexibility index (Phi) is 23.0. The summed E-state index contributed by atoms with van der Waals surface area (Å²) >= 11 is 0. The lowest BCUT2D eigenvalue weighted by Gasteiger charge is -2.21. The Balaban J connectivity index is -0.000000393. The number of nitrogens with two attached hydrogens (primary N) is 2. The maximum atomic E-state index is 10.4. The fraction of sp³-hybridized carbons (Fsp3) is 0.652. The monoisotopic (exact) mass is 492 g/mol. The highest BCUT2D eigenvalue weighted by atomic mass is 16.4. The van der Waals surface area contributed by atoms with E-state index in [9.17, 15) is 9.59 Å². The minimum Gasteiger partial charge on any atom is -0.480 e. The number of carboxylic acids is 2. The van der Waals surface area contributed by atoms with E-state index in [1.54, 1.807) is 0 Å². The normalized spacial score (nSPS) is 12.3. The van der Waals surface area contributed by atoms with Crippen LogP contribution in [0.5, 0.6) is 0 Å². The van der Waals surface area contributed by atoms with Gasteiger partial charge in [-0.25, -0.2) is 0 Å². The highest BCUT2D eigenvalue weighted by Gasteiger charge is 2.12. The van der Waals surface area contributed by atoms with Crippen molar-refractivity contribution >= 4 is 11.9 Å². The van der Waals surface area contributed by atoms with Crippen molar-refractivity contribution in [2.24, 2.45) is 17.4 Å². The fourth-order valence-corrected chi connectivity index (χ4v) is 1.92. The Morgan fingerprint density at radius 3 is 1.53 bits per heavy atom. The van der Waals surface area contributed by atoms with Crippen molar-refractivity contribution in [1.29, 1.82) is 0 Å². The zero-order chi connectivity index (χ0) is 27.3. The van der Waals surface area contributed by atoms with Crippen LogP contribution in [0, 0.1) is 5.92 Å². The molecule has 0 spiro atoms. The molecule has 0 aromatic heterocycles. The van der Waals surface area contributed by atoms with Crippen LogP contribution in [-0.4, -0.2) is 113 Å². The van der Waals surface area contributed by atoms with Gasteiger partial charge in [0.05, 0.1) is 41.0 Å². The zero-order valence-electron chi connectivity index (χ0n) is 21.0. The van der Waals surface area contributed by atoms with Crippen LogP contribution >= 0.6 is 0 Å². The molecule has 200 valence electrons. The number of carbonyl (C=O) groups is 2. The van der Waals surface area contributed by atoms with Gasteiger partial charge in [-0.2, -0.15) is 0 Å². The molecule has 11 heteroatoms. The van der Waals surface area contributed by atoms with Gasteiger partial charge in [0.2, 0.25) is 0 Å². The van der Waals surface area contributed by atoms with Gasteiger partial charge in [0.1, 0.15) is 24.7 Å². The minimum absolute atomic E-state index is 0.281.